The third kappa shape index (κ3) is 10.8. The molecular formula is C46H74N4O8. The number of Topliss-reactive ketones (excluding diaryl/α,β-unsaturated/α-hetero) is 2. The van der Waals surface area contributed by atoms with Gasteiger partial charge in [0.2, 0.25) is 11.8 Å². The van der Waals surface area contributed by atoms with Crippen molar-refractivity contribution in [2.24, 2.45) is 35.0 Å². The minimum Gasteiger partial charge on any atom is -0.379 e. The van der Waals surface area contributed by atoms with Gasteiger partial charge in [-0.3, -0.25) is 28.8 Å². The Morgan fingerprint density at radius 2 is 1.60 bits per heavy atom. The molecule has 0 radical (unpaired) electrons. The summed E-state index contributed by atoms with van der Waals surface area (Å²) in [4.78, 5) is 79.9. The van der Waals surface area contributed by atoms with E-state index in [-0.39, 0.29) is 84.3 Å². The van der Waals surface area contributed by atoms with Crippen LogP contribution in [0.15, 0.2) is 30.3 Å². The van der Waals surface area contributed by atoms with Crippen LogP contribution in [0.1, 0.15) is 118 Å². The number of hydrogen-bond donors (Lipinski definition) is 1. The molecule has 1 aromatic carbocycles. The summed E-state index contributed by atoms with van der Waals surface area (Å²) in [6.07, 6.45) is 3.62. The average Bonchev–Trinajstić information content (AvgIpc) is 3.74. The van der Waals surface area contributed by atoms with Gasteiger partial charge in [0.15, 0.2) is 5.78 Å². The number of hydrogen-bond acceptors (Lipinski definition) is 9. The van der Waals surface area contributed by atoms with Crippen molar-refractivity contribution in [3.63, 3.8) is 0 Å². The number of ether oxygens (including phenoxy) is 2. The molecule has 58 heavy (non-hydrogen) atoms. The normalized spacial score (nSPS) is 24.5. The largest absolute Gasteiger partial charge is 0.379 e. The first kappa shape index (κ1) is 47.5. The number of rotatable bonds is 22. The highest BCUT2D eigenvalue weighted by atomic mass is 16.7. The summed E-state index contributed by atoms with van der Waals surface area (Å²) in [5, 5.41) is 4.60. The van der Waals surface area contributed by atoms with Crippen molar-refractivity contribution in [2.75, 3.05) is 48.0 Å². The second-order valence-electron chi connectivity index (χ2n) is 18.0. The second-order valence-corrected chi connectivity index (χ2v) is 18.0. The van der Waals surface area contributed by atoms with Crippen LogP contribution in [0.4, 0.5) is 0 Å². The second kappa shape index (κ2) is 21.4. The number of nitrogens with zero attached hydrogens (tertiary/aromatic N) is 3. The van der Waals surface area contributed by atoms with Crippen molar-refractivity contribution < 1.29 is 38.3 Å². The van der Waals surface area contributed by atoms with Gasteiger partial charge in [-0.1, -0.05) is 85.2 Å². The monoisotopic (exact) mass is 811 g/mol. The zero-order chi connectivity index (χ0) is 42.9. The van der Waals surface area contributed by atoms with Crippen molar-refractivity contribution >= 4 is 29.3 Å². The Bertz CT molecular complexity index is 1530. The molecule has 12 nitrogen and oxygen atoms in total. The van der Waals surface area contributed by atoms with E-state index in [4.69, 9.17) is 14.3 Å². The first-order chi connectivity index (χ1) is 27.6. The predicted molar refractivity (Wildman–Crippen MR) is 225 cm³/mol. The molecule has 1 aromatic rings. The van der Waals surface area contributed by atoms with E-state index in [1.807, 2.05) is 69.9 Å². The third-order valence-electron chi connectivity index (χ3n) is 13.6. The molecule has 2 saturated heterocycles. The van der Waals surface area contributed by atoms with Gasteiger partial charge in [0.05, 0.1) is 48.8 Å². The Morgan fingerprint density at radius 3 is 2.16 bits per heavy atom. The number of likely N-dealkylation sites (tertiary alicyclic amines) is 1. The number of nitrogens with one attached hydrogen (secondary N) is 1. The molecule has 0 unspecified atom stereocenters. The van der Waals surface area contributed by atoms with Gasteiger partial charge >= 0.3 is 0 Å². The van der Waals surface area contributed by atoms with E-state index in [2.05, 4.69) is 19.2 Å². The Kier molecular flexibility index (Phi) is 17.5. The molecule has 0 bridgehead atoms. The van der Waals surface area contributed by atoms with Gasteiger partial charge < -0.3 is 24.6 Å². The molecule has 10 atom stereocenters. The Morgan fingerprint density at radius 1 is 0.914 bits per heavy atom. The first-order valence-electron chi connectivity index (χ1n) is 21.9. The molecule has 2 aliphatic heterocycles. The SMILES string of the molecule is CC[C@H](C)[C@@H]([C@@H](CC(=O)N1CCC[C@H]1[C@H](OC)[C@@H](C)C(=O)C[C@@]1(C(=O)N2CCCCO2)C[C@H]1c1ccccc1)OC)N(C)C(=O)[C@@H](CC(=O)[C@@H](NC)C(C)C)C(C)C. The Labute approximate surface area is 348 Å². The van der Waals surface area contributed by atoms with Crippen molar-refractivity contribution in [1.82, 2.24) is 20.2 Å². The number of carbonyl (C=O) groups excluding carboxylic acids is 5. The zero-order valence-corrected chi connectivity index (χ0v) is 37.3. The molecule has 0 spiro atoms. The lowest BCUT2D eigenvalue weighted by molar-refractivity contribution is -0.203. The highest BCUT2D eigenvalue weighted by molar-refractivity contribution is 5.94. The van der Waals surface area contributed by atoms with Crippen LogP contribution in [0.25, 0.3) is 0 Å². The molecular weight excluding hydrogens is 737 g/mol. The van der Waals surface area contributed by atoms with E-state index in [0.29, 0.717) is 32.5 Å². The van der Waals surface area contributed by atoms with Gasteiger partial charge in [-0.2, -0.15) is 0 Å². The summed E-state index contributed by atoms with van der Waals surface area (Å²) in [7, 11) is 6.73. The molecule has 1 N–H and O–H groups in total. The summed E-state index contributed by atoms with van der Waals surface area (Å²) in [6, 6.07) is 8.83. The van der Waals surface area contributed by atoms with Crippen LogP contribution >= 0.6 is 0 Å². The smallest absolute Gasteiger partial charge is 0.253 e. The van der Waals surface area contributed by atoms with Gasteiger partial charge in [0.25, 0.3) is 5.91 Å². The predicted octanol–water partition coefficient (Wildman–Crippen LogP) is 6.07. The molecule has 4 rings (SSSR count). The van der Waals surface area contributed by atoms with Crippen LogP contribution in [0.5, 0.6) is 0 Å². The van der Waals surface area contributed by atoms with Crippen molar-refractivity contribution in [2.45, 2.75) is 143 Å². The van der Waals surface area contributed by atoms with Crippen molar-refractivity contribution in [3.05, 3.63) is 35.9 Å². The molecule has 3 amide bonds. The van der Waals surface area contributed by atoms with E-state index in [1.54, 1.807) is 33.2 Å². The quantitative estimate of drug-likeness (QED) is 0.148. The van der Waals surface area contributed by atoms with E-state index in [1.165, 1.54) is 5.06 Å². The minimum atomic E-state index is -0.876. The van der Waals surface area contributed by atoms with E-state index >= 15 is 0 Å². The lowest BCUT2D eigenvalue weighted by atomic mass is 9.83. The van der Waals surface area contributed by atoms with Gasteiger partial charge in [-0.05, 0) is 68.4 Å². The van der Waals surface area contributed by atoms with E-state index < -0.39 is 35.5 Å². The Hall–Kier alpha value is -3.19. The zero-order valence-electron chi connectivity index (χ0n) is 37.3. The molecule has 12 heteroatoms. The maximum absolute atomic E-state index is 14.4. The maximum Gasteiger partial charge on any atom is 0.253 e. The number of methoxy groups -OCH3 is 2. The van der Waals surface area contributed by atoms with Crippen LogP contribution in [0.2, 0.25) is 0 Å². The standard InChI is InChI=1S/C46H74N4O8/c1-12-31(6)42(48(9)44(54)34(29(2)3)25-37(51)41(47-8)30(4)5)39(56-10)26-40(53)49-22-18-21-36(49)43(57-11)32(7)38(52)28-46(45(55)50-23-16-17-24-58-50)27-35(46)33-19-14-13-15-20-33/h13-15,19-20,29-32,34-36,39,41-43,47H,12,16-18,21-28H2,1-11H3/t31-,32-,34-,35-,36-,39+,41-,42-,43+,46-/m0/s1. The van der Waals surface area contributed by atoms with Gasteiger partial charge in [-0.25, -0.2) is 5.06 Å². The summed E-state index contributed by atoms with van der Waals surface area (Å²) < 4.78 is 12.2. The van der Waals surface area contributed by atoms with Crippen molar-refractivity contribution in [1.29, 1.82) is 0 Å². The van der Waals surface area contributed by atoms with Gasteiger partial charge in [0, 0.05) is 59.0 Å². The molecule has 1 aliphatic carbocycles. The molecule has 326 valence electrons. The van der Waals surface area contributed by atoms with E-state index in [0.717, 1.165) is 31.2 Å². The summed E-state index contributed by atoms with van der Waals surface area (Å²) in [5.41, 5.74) is 0.167. The number of amides is 3. The number of carbonyl (C=O) groups is 5. The lowest BCUT2D eigenvalue weighted by Gasteiger charge is -2.41. The third-order valence-corrected chi connectivity index (χ3v) is 13.6. The van der Waals surface area contributed by atoms with Gasteiger partial charge in [0.1, 0.15) is 5.78 Å². The first-order valence-corrected chi connectivity index (χ1v) is 21.9. The van der Waals surface area contributed by atoms with Crippen molar-refractivity contribution in [3.8, 4) is 0 Å². The number of likely N-dealkylation sites (N-methyl/N-ethyl adjacent to an activating group) is 2. The van der Waals surface area contributed by atoms with E-state index in [9.17, 15) is 24.0 Å². The molecule has 3 aliphatic rings. The minimum absolute atomic E-state index is 0.00202. The summed E-state index contributed by atoms with van der Waals surface area (Å²) in [6.45, 7) is 15.5. The van der Waals surface area contributed by atoms with Crippen LogP contribution in [-0.4, -0.2) is 122 Å². The lowest BCUT2D eigenvalue weighted by Crippen LogP contribution is -2.54. The molecule has 1 saturated carbocycles. The van der Waals surface area contributed by atoms with Crippen LogP contribution in [0.3, 0.4) is 0 Å². The number of ketones is 2. The van der Waals surface area contributed by atoms with Crippen LogP contribution in [-0.2, 0) is 38.3 Å². The van der Waals surface area contributed by atoms with Crippen LogP contribution in [0, 0.1) is 35.0 Å². The summed E-state index contributed by atoms with van der Waals surface area (Å²) in [5.74, 6) is -1.55. The fraction of sp³-hybridized carbons (Fsp3) is 0.761. The Balaban J connectivity index is 1.51. The maximum atomic E-state index is 14.4. The molecule has 0 aromatic heterocycles. The fourth-order valence-corrected chi connectivity index (χ4v) is 9.83. The summed E-state index contributed by atoms with van der Waals surface area (Å²) >= 11 is 0. The fourth-order valence-electron chi connectivity index (χ4n) is 9.83. The number of hydroxylamine groups is 2. The highest BCUT2D eigenvalue weighted by Gasteiger charge is 2.63. The van der Waals surface area contributed by atoms with Gasteiger partial charge in [-0.15, -0.1) is 0 Å². The average molecular weight is 811 g/mol. The topological polar surface area (TPSA) is 135 Å². The molecule has 2 heterocycles. The molecule has 3 fully saturated rings. The van der Waals surface area contributed by atoms with Crippen LogP contribution < -0.4 is 5.32 Å². The number of benzene rings is 1. The highest BCUT2D eigenvalue weighted by Crippen LogP contribution is 2.63.